The number of nitrogens with one attached hydrogen (secondary N) is 1. The second-order valence-electron chi connectivity index (χ2n) is 8.55. The molecule has 0 bridgehead atoms. The van der Waals surface area contributed by atoms with Crippen molar-refractivity contribution in [3.8, 4) is 0 Å². The van der Waals surface area contributed by atoms with E-state index in [1.165, 1.54) is 0 Å². The Labute approximate surface area is 211 Å². The molecular formula is C22H31NO14. The number of ether oxygens (including phenoxy) is 4. The van der Waals surface area contributed by atoms with E-state index in [2.05, 4.69) is 5.32 Å². The summed E-state index contributed by atoms with van der Waals surface area (Å²) in [7, 11) is 0.946. The molecule has 0 unspecified atom stereocenters. The van der Waals surface area contributed by atoms with E-state index in [1.807, 2.05) is 0 Å². The van der Waals surface area contributed by atoms with Crippen molar-refractivity contribution in [2.75, 3.05) is 7.11 Å². The second kappa shape index (κ2) is 13.5. The third-order valence-electron chi connectivity index (χ3n) is 5.65. The van der Waals surface area contributed by atoms with Crippen LogP contribution in [0.4, 0.5) is 0 Å². The summed E-state index contributed by atoms with van der Waals surface area (Å²) < 4.78 is 21.0. The summed E-state index contributed by atoms with van der Waals surface area (Å²) in [5.74, 6) is -13.0. The van der Waals surface area contributed by atoms with Gasteiger partial charge in [-0.05, 0) is 12.3 Å². The summed E-state index contributed by atoms with van der Waals surface area (Å²) in [4.78, 5) is 83.3. The van der Waals surface area contributed by atoms with Gasteiger partial charge in [0.05, 0.1) is 32.1 Å². The maximum Gasteiger partial charge on any atom is 0.379 e. The number of hydrogen-bond acceptors (Lipinski definition) is 11. The summed E-state index contributed by atoms with van der Waals surface area (Å²) in [6.07, 6.45) is -6.06. The van der Waals surface area contributed by atoms with E-state index in [-0.39, 0.29) is 6.42 Å². The molecule has 0 aliphatic carbocycles. The summed E-state index contributed by atoms with van der Waals surface area (Å²) >= 11 is 0. The van der Waals surface area contributed by atoms with Crippen LogP contribution in [0.3, 0.4) is 0 Å². The first-order valence-corrected chi connectivity index (χ1v) is 11.2. The molecule has 0 aromatic rings. The Balaban J connectivity index is 3.83. The zero-order valence-corrected chi connectivity index (χ0v) is 20.8. The molecule has 0 aromatic heterocycles. The highest BCUT2D eigenvalue weighted by molar-refractivity contribution is 5.82. The molecule has 0 aromatic carbocycles. The van der Waals surface area contributed by atoms with Crippen molar-refractivity contribution in [3.05, 3.63) is 0 Å². The van der Waals surface area contributed by atoms with E-state index in [9.17, 15) is 43.8 Å². The first kappa shape index (κ1) is 31.3. The van der Waals surface area contributed by atoms with Gasteiger partial charge in [0.15, 0.2) is 0 Å². The zero-order valence-electron chi connectivity index (χ0n) is 20.8. The fourth-order valence-corrected chi connectivity index (χ4v) is 4.42. The van der Waals surface area contributed by atoms with Gasteiger partial charge in [-0.2, -0.15) is 0 Å². The van der Waals surface area contributed by atoms with E-state index in [0.29, 0.717) is 0 Å². The van der Waals surface area contributed by atoms with Gasteiger partial charge >= 0.3 is 41.6 Å². The highest BCUT2D eigenvalue weighted by atomic mass is 16.8. The van der Waals surface area contributed by atoms with E-state index in [1.54, 1.807) is 0 Å². The molecule has 15 nitrogen and oxygen atoms in total. The normalized spacial score (nSPS) is 24.6. The van der Waals surface area contributed by atoms with E-state index >= 15 is 0 Å². The number of amides is 1. The minimum Gasteiger partial charge on any atom is -0.481 e. The summed E-state index contributed by atoms with van der Waals surface area (Å²) in [5, 5.41) is 30.7. The molecular weight excluding hydrogens is 502 g/mol. The standard InChI is InChI=1S/C22H31NO14/c1-10(24)23-19-15(35-11(2)25)9-22(21(33)34-4,36-12(3)26)37-20(19)14(8-18(31)32)13(7-17(29)30)5-6-16(27)28/h13-15,19-20H,5-9H2,1-4H3,(H,23,24)(H,27,28)(H,29,30)(H,31,32)/t13-,14+,15+,19+,20-,22+/m1/s1. The van der Waals surface area contributed by atoms with Gasteiger partial charge in [0.25, 0.3) is 0 Å². The highest BCUT2D eigenvalue weighted by Crippen LogP contribution is 2.41. The van der Waals surface area contributed by atoms with Gasteiger partial charge in [-0.15, -0.1) is 0 Å². The van der Waals surface area contributed by atoms with Crippen LogP contribution in [0.1, 0.15) is 52.9 Å². The lowest BCUT2D eigenvalue weighted by molar-refractivity contribution is -0.296. The van der Waals surface area contributed by atoms with Gasteiger partial charge in [0.2, 0.25) is 5.91 Å². The van der Waals surface area contributed by atoms with E-state index in [0.717, 1.165) is 27.9 Å². The third kappa shape index (κ3) is 9.33. The molecule has 0 radical (unpaired) electrons. The number of hydrogen-bond donors (Lipinski definition) is 4. The number of methoxy groups -OCH3 is 1. The van der Waals surface area contributed by atoms with Gasteiger partial charge < -0.3 is 39.6 Å². The highest BCUT2D eigenvalue weighted by Gasteiger charge is 2.59. The molecule has 37 heavy (non-hydrogen) atoms. The largest absolute Gasteiger partial charge is 0.481 e. The van der Waals surface area contributed by atoms with Crippen LogP contribution in [0.2, 0.25) is 0 Å². The average molecular weight is 533 g/mol. The van der Waals surface area contributed by atoms with E-state index < -0.39 is 103 Å². The molecule has 208 valence electrons. The Hall–Kier alpha value is -3.75. The molecule has 0 spiro atoms. The fraction of sp³-hybridized carbons (Fsp3) is 0.682. The second-order valence-corrected chi connectivity index (χ2v) is 8.55. The van der Waals surface area contributed by atoms with Crippen molar-refractivity contribution < 1.29 is 67.8 Å². The van der Waals surface area contributed by atoms with Crippen LogP contribution in [-0.2, 0) is 52.5 Å². The van der Waals surface area contributed by atoms with Gasteiger partial charge in [-0.25, -0.2) is 4.79 Å². The lowest BCUT2D eigenvalue weighted by atomic mass is 9.75. The Bertz CT molecular complexity index is 917. The Kier molecular flexibility index (Phi) is 11.4. The smallest absolute Gasteiger partial charge is 0.379 e. The molecule has 1 saturated heterocycles. The number of carboxylic acids is 3. The quantitative estimate of drug-likeness (QED) is 0.176. The zero-order chi connectivity index (χ0) is 28.5. The van der Waals surface area contributed by atoms with Crippen molar-refractivity contribution in [2.45, 2.75) is 76.9 Å². The SMILES string of the molecule is COC(=O)[C@]1(OC(C)=O)C[C@H](OC(C)=O)[C@H](NC(C)=O)[C@@H]([C@@H](CC(=O)O)[C@H](CCC(=O)O)CC(=O)O)O1. The summed E-state index contributed by atoms with van der Waals surface area (Å²) in [5.41, 5.74) is 0. The van der Waals surface area contributed by atoms with Gasteiger partial charge in [-0.3, -0.25) is 28.8 Å². The molecule has 6 atom stereocenters. The topological polar surface area (TPSA) is 229 Å². The Morgan fingerprint density at radius 1 is 0.946 bits per heavy atom. The van der Waals surface area contributed by atoms with Crippen molar-refractivity contribution in [2.24, 2.45) is 11.8 Å². The molecule has 1 amide bonds. The summed E-state index contributed by atoms with van der Waals surface area (Å²) in [6.45, 7) is 3.07. The average Bonchev–Trinajstić information content (AvgIpc) is 2.74. The monoisotopic (exact) mass is 533 g/mol. The molecule has 4 N–H and O–H groups in total. The predicted molar refractivity (Wildman–Crippen MR) is 118 cm³/mol. The fourth-order valence-electron chi connectivity index (χ4n) is 4.42. The number of aliphatic carboxylic acids is 3. The predicted octanol–water partition coefficient (Wildman–Crippen LogP) is -0.309. The summed E-state index contributed by atoms with van der Waals surface area (Å²) in [6, 6.07) is -1.35. The maximum absolute atomic E-state index is 12.8. The maximum atomic E-state index is 12.8. The van der Waals surface area contributed by atoms with Crippen molar-refractivity contribution in [1.82, 2.24) is 5.32 Å². The molecule has 1 aliphatic heterocycles. The lowest BCUT2D eigenvalue weighted by Gasteiger charge is -2.48. The van der Waals surface area contributed by atoms with Crippen LogP contribution in [0.5, 0.6) is 0 Å². The molecule has 0 saturated carbocycles. The molecule has 1 rings (SSSR count). The van der Waals surface area contributed by atoms with E-state index in [4.69, 9.17) is 24.1 Å². The van der Waals surface area contributed by atoms with Gasteiger partial charge in [0.1, 0.15) is 6.10 Å². The van der Waals surface area contributed by atoms with Gasteiger partial charge in [-0.1, -0.05) is 0 Å². The number of rotatable bonds is 13. The van der Waals surface area contributed by atoms with Crippen LogP contribution >= 0.6 is 0 Å². The Morgan fingerprint density at radius 3 is 1.97 bits per heavy atom. The van der Waals surface area contributed by atoms with Crippen LogP contribution in [0, 0.1) is 11.8 Å². The van der Waals surface area contributed by atoms with Crippen LogP contribution < -0.4 is 5.32 Å². The minimum absolute atomic E-state index is 0.316. The minimum atomic E-state index is -2.56. The first-order valence-electron chi connectivity index (χ1n) is 11.2. The lowest BCUT2D eigenvalue weighted by Crippen LogP contribution is -2.67. The Morgan fingerprint density at radius 2 is 1.54 bits per heavy atom. The van der Waals surface area contributed by atoms with Crippen molar-refractivity contribution in [1.29, 1.82) is 0 Å². The number of carbonyl (C=O) groups is 7. The number of esters is 3. The molecule has 1 fully saturated rings. The molecule has 1 aliphatic rings. The van der Waals surface area contributed by atoms with Crippen molar-refractivity contribution in [3.63, 3.8) is 0 Å². The van der Waals surface area contributed by atoms with Crippen molar-refractivity contribution >= 4 is 41.7 Å². The van der Waals surface area contributed by atoms with Crippen LogP contribution in [0.25, 0.3) is 0 Å². The third-order valence-corrected chi connectivity index (χ3v) is 5.65. The molecule has 15 heteroatoms. The van der Waals surface area contributed by atoms with Crippen LogP contribution in [-0.4, -0.2) is 88.2 Å². The number of carboxylic acid groups (broad SMARTS) is 3. The van der Waals surface area contributed by atoms with Gasteiger partial charge in [0, 0.05) is 39.5 Å². The first-order chi connectivity index (χ1) is 17.1. The van der Waals surface area contributed by atoms with Crippen LogP contribution in [0.15, 0.2) is 0 Å². The number of carbonyl (C=O) groups excluding carboxylic acids is 4. The molecule has 1 heterocycles.